The summed E-state index contributed by atoms with van der Waals surface area (Å²) in [5, 5.41) is 4.72. The van der Waals surface area contributed by atoms with Gasteiger partial charge in [0.15, 0.2) is 0 Å². The van der Waals surface area contributed by atoms with Crippen molar-refractivity contribution >= 4 is 0 Å². The van der Waals surface area contributed by atoms with Crippen LogP contribution in [-0.4, -0.2) is 44.4 Å². The SMILES string of the molecule is Cc1cn(CCc2cn(C)nc2CC2CCN(C)CC2)cn1. The van der Waals surface area contributed by atoms with Crippen LogP contribution in [0.2, 0.25) is 0 Å². The van der Waals surface area contributed by atoms with Crippen molar-refractivity contribution in [3.8, 4) is 0 Å². The zero-order valence-electron chi connectivity index (χ0n) is 14.0. The van der Waals surface area contributed by atoms with Gasteiger partial charge in [-0.25, -0.2) is 4.98 Å². The molecule has 5 nitrogen and oxygen atoms in total. The second-order valence-electron chi connectivity index (χ2n) is 6.73. The van der Waals surface area contributed by atoms with Crippen molar-refractivity contribution in [1.82, 2.24) is 24.2 Å². The molecule has 0 unspecified atom stereocenters. The first-order chi connectivity index (χ1) is 10.6. The van der Waals surface area contributed by atoms with E-state index in [1.807, 2.05) is 25.0 Å². The van der Waals surface area contributed by atoms with E-state index in [-0.39, 0.29) is 0 Å². The number of likely N-dealkylation sites (tertiary alicyclic amines) is 1. The lowest BCUT2D eigenvalue weighted by molar-refractivity contribution is 0.218. The number of piperidine rings is 1. The van der Waals surface area contributed by atoms with Crippen molar-refractivity contribution in [2.45, 2.75) is 39.2 Å². The summed E-state index contributed by atoms with van der Waals surface area (Å²) in [6.45, 7) is 5.46. The number of rotatable bonds is 5. The second kappa shape index (κ2) is 6.65. The third-order valence-electron chi connectivity index (χ3n) is 4.71. The zero-order chi connectivity index (χ0) is 15.5. The molecular weight excluding hydrogens is 274 g/mol. The van der Waals surface area contributed by atoms with E-state index < -0.39 is 0 Å². The molecule has 2 aromatic rings. The summed E-state index contributed by atoms with van der Waals surface area (Å²) in [6.07, 6.45) is 11.0. The lowest BCUT2D eigenvalue weighted by Crippen LogP contribution is -2.31. The molecule has 0 spiro atoms. The highest BCUT2D eigenvalue weighted by Crippen LogP contribution is 2.22. The van der Waals surface area contributed by atoms with Gasteiger partial charge in [-0.3, -0.25) is 4.68 Å². The fraction of sp³-hybridized carbons (Fsp3) is 0.647. The van der Waals surface area contributed by atoms with Crippen LogP contribution < -0.4 is 0 Å². The fourth-order valence-corrected chi connectivity index (χ4v) is 3.35. The van der Waals surface area contributed by atoms with Crippen molar-refractivity contribution in [2.75, 3.05) is 20.1 Å². The Bertz CT molecular complexity index is 604. The summed E-state index contributed by atoms with van der Waals surface area (Å²) in [5.74, 6) is 0.792. The molecule has 1 saturated heterocycles. The molecule has 3 rings (SSSR count). The number of imidazole rings is 1. The number of hydrogen-bond acceptors (Lipinski definition) is 3. The smallest absolute Gasteiger partial charge is 0.0949 e. The molecule has 120 valence electrons. The third kappa shape index (κ3) is 3.77. The third-order valence-corrected chi connectivity index (χ3v) is 4.71. The van der Waals surface area contributed by atoms with E-state index >= 15 is 0 Å². The van der Waals surface area contributed by atoms with E-state index in [0.29, 0.717) is 0 Å². The topological polar surface area (TPSA) is 38.9 Å². The van der Waals surface area contributed by atoms with E-state index in [1.54, 1.807) is 0 Å². The molecule has 0 radical (unpaired) electrons. The summed E-state index contributed by atoms with van der Waals surface area (Å²) in [4.78, 5) is 6.72. The van der Waals surface area contributed by atoms with Gasteiger partial charge in [0.25, 0.3) is 0 Å². The van der Waals surface area contributed by atoms with Crippen LogP contribution in [-0.2, 0) is 26.4 Å². The maximum atomic E-state index is 4.72. The van der Waals surface area contributed by atoms with Gasteiger partial charge in [0.05, 0.1) is 17.7 Å². The predicted octanol–water partition coefficient (Wildman–Crippen LogP) is 2.05. The highest BCUT2D eigenvalue weighted by atomic mass is 15.3. The molecule has 2 aromatic heterocycles. The van der Waals surface area contributed by atoms with E-state index in [4.69, 9.17) is 5.10 Å². The summed E-state index contributed by atoms with van der Waals surface area (Å²) >= 11 is 0. The number of nitrogens with zero attached hydrogens (tertiary/aromatic N) is 5. The average Bonchev–Trinajstić information content (AvgIpc) is 3.05. The van der Waals surface area contributed by atoms with Crippen molar-refractivity contribution in [1.29, 1.82) is 0 Å². The maximum absolute atomic E-state index is 4.72. The minimum Gasteiger partial charge on any atom is -0.337 e. The van der Waals surface area contributed by atoms with Crippen LogP contribution in [0.25, 0.3) is 0 Å². The lowest BCUT2D eigenvalue weighted by atomic mass is 9.91. The van der Waals surface area contributed by atoms with Gasteiger partial charge in [-0.2, -0.15) is 5.10 Å². The molecule has 0 N–H and O–H groups in total. The van der Waals surface area contributed by atoms with Crippen molar-refractivity contribution in [3.05, 3.63) is 35.7 Å². The van der Waals surface area contributed by atoms with Crippen LogP contribution in [0.3, 0.4) is 0 Å². The molecule has 0 saturated carbocycles. The van der Waals surface area contributed by atoms with Crippen molar-refractivity contribution < 1.29 is 0 Å². The van der Waals surface area contributed by atoms with E-state index in [0.717, 1.165) is 31.0 Å². The van der Waals surface area contributed by atoms with Gasteiger partial charge in [0.1, 0.15) is 0 Å². The molecule has 22 heavy (non-hydrogen) atoms. The Morgan fingerprint density at radius 2 is 1.95 bits per heavy atom. The first kappa shape index (κ1) is 15.3. The largest absolute Gasteiger partial charge is 0.337 e. The zero-order valence-corrected chi connectivity index (χ0v) is 14.0. The first-order valence-corrected chi connectivity index (χ1v) is 8.28. The van der Waals surface area contributed by atoms with Gasteiger partial charge >= 0.3 is 0 Å². The molecule has 0 amide bonds. The summed E-state index contributed by atoms with van der Waals surface area (Å²) in [6, 6.07) is 0. The quantitative estimate of drug-likeness (QED) is 0.848. The Morgan fingerprint density at radius 3 is 2.64 bits per heavy atom. The Labute approximate surface area is 133 Å². The minimum atomic E-state index is 0.792. The van der Waals surface area contributed by atoms with Gasteiger partial charge in [-0.15, -0.1) is 0 Å². The molecule has 0 aliphatic carbocycles. The highest BCUT2D eigenvalue weighted by Gasteiger charge is 2.19. The molecule has 0 atom stereocenters. The van der Waals surface area contributed by atoms with E-state index in [1.165, 1.54) is 37.2 Å². The van der Waals surface area contributed by atoms with E-state index in [2.05, 4.69) is 33.9 Å². The molecule has 1 fully saturated rings. The standard InChI is InChI=1S/C17H27N5/c1-14-11-22(13-18-14)9-6-16-12-21(3)19-17(16)10-15-4-7-20(2)8-5-15/h11-13,15H,4-10H2,1-3H3. The minimum absolute atomic E-state index is 0.792. The summed E-state index contributed by atoms with van der Waals surface area (Å²) in [7, 11) is 4.25. The van der Waals surface area contributed by atoms with E-state index in [9.17, 15) is 0 Å². The molecule has 0 aromatic carbocycles. The fourth-order valence-electron chi connectivity index (χ4n) is 3.35. The summed E-state index contributed by atoms with van der Waals surface area (Å²) < 4.78 is 4.14. The second-order valence-corrected chi connectivity index (χ2v) is 6.73. The predicted molar refractivity (Wildman–Crippen MR) is 87.8 cm³/mol. The van der Waals surface area contributed by atoms with Gasteiger partial charge in [0, 0.05) is 26.0 Å². The molecular formula is C17H27N5. The number of aromatic nitrogens is 4. The maximum Gasteiger partial charge on any atom is 0.0949 e. The number of aryl methyl sites for hydroxylation is 4. The highest BCUT2D eigenvalue weighted by molar-refractivity contribution is 5.18. The Kier molecular flexibility index (Phi) is 4.62. The Balaban J connectivity index is 1.62. The molecule has 3 heterocycles. The molecule has 0 bridgehead atoms. The molecule has 1 aliphatic rings. The monoisotopic (exact) mass is 301 g/mol. The normalized spacial score (nSPS) is 17.2. The van der Waals surface area contributed by atoms with Crippen molar-refractivity contribution in [3.63, 3.8) is 0 Å². The number of hydrogen-bond donors (Lipinski definition) is 0. The van der Waals surface area contributed by atoms with Gasteiger partial charge in [-0.05, 0) is 64.2 Å². The first-order valence-electron chi connectivity index (χ1n) is 8.28. The lowest BCUT2D eigenvalue weighted by Gasteiger charge is -2.28. The van der Waals surface area contributed by atoms with Gasteiger partial charge in [0.2, 0.25) is 0 Å². The van der Waals surface area contributed by atoms with Crippen LogP contribution in [0.5, 0.6) is 0 Å². The van der Waals surface area contributed by atoms with Crippen LogP contribution in [0.1, 0.15) is 29.8 Å². The average molecular weight is 301 g/mol. The van der Waals surface area contributed by atoms with Crippen LogP contribution in [0.4, 0.5) is 0 Å². The van der Waals surface area contributed by atoms with Crippen LogP contribution in [0, 0.1) is 12.8 Å². The Hall–Kier alpha value is -1.62. The van der Waals surface area contributed by atoms with Gasteiger partial charge < -0.3 is 9.47 Å². The Morgan fingerprint density at radius 1 is 1.18 bits per heavy atom. The van der Waals surface area contributed by atoms with Crippen LogP contribution in [0.15, 0.2) is 18.7 Å². The van der Waals surface area contributed by atoms with Gasteiger partial charge in [-0.1, -0.05) is 0 Å². The van der Waals surface area contributed by atoms with Crippen LogP contribution >= 0.6 is 0 Å². The van der Waals surface area contributed by atoms with Crippen molar-refractivity contribution in [2.24, 2.45) is 13.0 Å². The summed E-state index contributed by atoms with van der Waals surface area (Å²) in [5.41, 5.74) is 3.78. The molecule has 1 aliphatic heterocycles. The molecule has 5 heteroatoms.